The summed E-state index contributed by atoms with van der Waals surface area (Å²) in [4.78, 5) is 21.2. The van der Waals surface area contributed by atoms with Crippen molar-refractivity contribution in [3.05, 3.63) is 69.8 Å². The van der Waals surface area contributed by atoms with Gasteiger partial charge in [0.05, 0.1) is 10.0 Å². The van der Waals surface area contributed by atoms with Crippen molar-refractivity contribution >= 4 is 39.9 Å². The summed E-state index contributed by atoms with van der Waals surface area (Å²) in [6.45, 7) is 5.51. The molecule has 0 saturated carbocycles. The molecule has 5 rings (SSSR count). The van der Waals surface area contributed by atoms with Crippen LogP contribution in [0, 0.1) is 5.92 Å². The molecule has 3 heterocycles. The van der Waals surface area contributed by atoms with E-state index in [1.54, 1.807) is 0 Å². The highest BCUT2D eigenvalue weighted by molar-refractivity contribution is 6.42. The predicted molar refractivity (Wildman–Crippen MR) is 141 cm³/mol. The first-order valence-corrected chi connectivity index (χ1v) is 13.3. The third-order valence-electron chi connectivity index (χ3n) is 7.67. The number of hydrogen-bond acceptors (Lipinski definition) is 3. The van der Waals surface area contributed by atoms with Gasteiger partial charge in [0.15, 0.2) is 5.78 Å². The Hall–Kier alpha value is -1.85. The molecule has 1 N–H and O–H groups in total. The molecule has 0 radical (unpaired) electrons. The van der Waals surface area contributed by atoms with E-state index in [0.717, 1.165) is 49.1 Å². The number of Topliss-reactive ketones (excluding diaryl/α,β-unsaturated/α-hetero) is 1. The molecule has 0 spiro atoms. The summed E-state index contributed by atoms with van der Waals surface area (Å²) >= 11 is 12.2. The number of fused-ring (bicyclic) bond motifs is 1. The molecule has 2 aliphatic heterocycles. The van der Waals surface area contributed by atoms with Crippen LogP contribution in [0.2, 0.25) is 10.0 Å². The predicted octanol–water partition coefficient (Wildman–Crippen LogP) is 6.81. The number of piperidine rings is 2. The number of ketones is 1. The van der Waals surface area contributed by atoms with Gasteiger partial charge in [0.2, 0.25) is 0 Å². The van der Waals surface area contributed by atoms with Crippen molar-refractivity contribution in [2.45, 2.75) is 51.1 Å². The molecule has 2 aliphatic rings. The second-order valence-corrected chi connectivity index (χ2v) is 10.8. The lowest BCUT2D eigenvalue weighted by molar-refractivity contribution is 0.0657. The van der Waals surface area contributed by atoms with Crippen LogP contribution in [0.25, 0.3) is 10.9 Å². The minimum Gasteiger partial charge on any atom is -0.361 e. The molecular weight excluding hydrogens is 465 g/mol. The molecule has 2 saturated heterocycles. The van der Waals surface area contributed by atoms with Crippen molar-refractivity contribution in [2.24, 2.45) is 5.92 Å². The van der Waals surface area contributed by atoms with Crippen molar-refractivity contribution in [1.29, 1.82) is 0 Å². The molecule has 1 atom stereocenters. The van der Waals surface area contributed by atoms with Crippen LogP contribution in [0.3, 0.4) is 0 Å². The molecule has 4 nitrogen and oxygen atoms in total. The Morgan fingerprint density at radius 2 is 1.82 bits per heavy atom. The van der Waals surface area contributed by atoms with Crippen molar-refractivity contribution < 1.29 is 4.79 Å². The number of aromatic amines is 1. The van der Waals surface area contributed by atoms with E-state index in [-0.39, 0.29) is 5.78 Å². The maximum atomic E-state index is 12.8. The summed E-state index contributed by atoms with van der Waals surface area (Å²) in [5, 5.41) is 2.37. The minimum atomic E-state index is 0.274. The molecule has 0 amide bonds. The van der Waals surface area contributed by atoms with Gasteiger partial charge in [-0.2, -0.15) is 0 Å². The van der Waals surface area contributed by atoms with E-state index in [9.17, 15) is 4.79 Å². The van der Waals surface area contributed by atoms with Crippen molar-refractivity contribution in [2.75, 3.05) is 26.2 Å². The van der Waals surface area contributed by atoms with Gasteiger partial charge in [0.1, 0.15) is 0 Å². The molecule has 180 valence electrons. The Balaban J connectivity index is 1.08. The van der Waals surface area contributed by atoms with Crippen molar-refractivity contribution in [1.82, 2.24) is 14.8 Å². The average molecular weight is 498 g/mol. The zero-order valence-corrected chi connectivity index (χ0v) is 21.1. The number of rotatable bonds is 7. The smallest absolute Gasteiger partial charge is 0.162 e. The van der Waals surface area contributed by atoms with Gasteiger partial charge in [-0.1, -0.05) is 29.3 Å². The van der Waals surface area contributed by atoms with E-state index >= 15 is 0 Å². The summed E-state index contributed by atoms with van der Waals surface area (Å²) < 4.78 is 0. The van der Waals surface area contributed by atoms with E-state index in [1.165, 1.54) is 37.8 Å². The van der Waals surface area contributed by atoms with Gasteiger partial charge in [-0.15, -0.1) is 0 Å². The van der Waals surface area contributed by atoms with E-state index < -0.39 is 0 Å². The molecule has 34 heavy (non-hydrogen) atoms. The molecule has 1 unspecified atom stereocenters. The first-order chi connectivity index (χ1) is 16.5. The van der Waals surface area contributed by atoms with E-state index in [2.05, 4.69) is 20.9 Å². The van der Waals surface area contributed by atoms with Gasteiger partial charge in [-0.05, 0) is 99.6 Å². The molecule has 0 bridgehead atoms. The fourth-order valence-electron chi connectivity index (χ4n) is 5.71. The van der Waals surface area contributed by atoms with E-state index in [4.69, 9.17) is 23.2 Å². The second-order valence-electron chi connectivity index (χ2n) is 10.0. The number of carbonyl (C=O) groups is 1. The van der Waals surface area contributed by atoms with Gasteiger partial charge in [0, 0.05) is 48.2 Å². The summed E-state index contributed by atoms with van der Waals surface area (Å²) in [5.41, 5.74) is 3.16. The summed E-state index contributed by atoms with van der Waals surface area (Å²) in [5.74, 6) is 0.902. The Kier molecular flexibility index (Phi) is 7.60. The first kappa shape index (κ1) is 23.9. The Bertz CT molecular complexity index is 1140. The number of benzene rings is 2. The Morgan fingerprint density at radius 1 is 0.971 bits per heavy atom. The number of aromatic nitrogens is 1. The molecular formula is C28H33Cl2N3O. The summed E-state index contributed by atoms with van der Waals surface area (Å²) in [6.07, 6.45) is 8.49. The van der Waals surface area contributed by atoms with Crippen LogP contribution >= 0.6 is 23.2 Å². The average Bonchev–Trinajstić information content (AvgIpc) is 3.33. The minimum absolute atomic E-state index is 0.274. The lowest BCUT2D eigenvalue weighted by Gasteiger charge is -2.42. The van der Waals surface area contributed by atoms with Crippen LogP contribution in [-0.2, 0) is 6.54 Å². The number of nitrogens with one attached hydrogen (secondary N) is 1. The molecule has 6 heteroatoms. The van der Waals surface area contributed by atoms with Gasteiger partial charge in [-0.25, -0.2) is 0 Å². The van der Waals surface area contributed by atoms with E-state index in [0.29, 0.717) is 28.4 Å². The zero-order chi connectivity index (χ0) is 23.5. The van der Waals surface area contributed by atoms with E-state index in [1.807, 2.05) is 42.6 Å². The Morgan fingerprint density at radius 3 is 2.65 bits per heavy atom. The highest BCUT2D eigenvalue weighted by Crippen LogP contribution is 2.28. The quantitative estimate of drug-likeness (QED) is 0.364. The number of nitrogens with zero attached hydrogens (tertiary/aromatic N) is 2. The monoisotopic (exact) mass is 497 g/mol. The fraction of sp³-hybridized carbons (Fsp3) is 0.464. The van der Waals surface area contributed by atoms with Gasteiger partial charge >= 0.3 is 0 Å². The third-order valence-corrected chi connectivity index (χ3v) is 8.41. The molecule has 0 aliphatic carbocycles. The van der Waals surface area contributed by atoms with Gasteiger partial charge in [0.25, 0.3) is 0 Å². The summed E-state index contributed by atoms with van der Waals surface area (Å²) in [6, 6.07) is 14.6. The topological polar surface area (TPSA) is 39.3 Å². The largest absolute Gasteiger partial charge is 0.361 e. The normalized spacial score (nSPS) is 20.7. The molecule has 2 aromatic carbocycles. The lowest BCUT2D eigenvalue weighted by Crippen LogP contribution is -2.48. The molecule has 1 aromatic heterocycles. The maximum absolute atomic E-state index is 12.8. The summed E-state index contributed by atoms with van der Waals surface area (Å²) in [7, 11) is 0. The number of hydrogen-bond donors (Lipinski definition) is 1. The third kappa shape index (κ3) is 5.68. The maximum Gasteiger partial charge on any atom is 0.162 e. The van der Waals surface area contributed by atoms with Crippen LogP contribution < -0.4 is 0 Å². The van der Waals surface area contributed by atoms with Crippen molar-refractivity contribution in [3.8, 4) is 0 Å². The SMILES string of the molecule is O=C(CCC1CCCN(C2CCN(Cc3ccc(Cl)c(Cl)c3)CC2)C1)c1ccc2[nH]ccc2c1. The van der Waals surface area contributed by atoms with Crippen LogP contribution in [0.1, 0.15) is 54.4 Å². The highest BCUT2D eigenvalue weighted by atomic mass is 35.5. The van der Waals surface area contributed by atoms with Crippen LogP contribution in [0.4, 0.5) is 0 Å². The molecule has 2 fully saturated rings. The van der Waals surface area contributed by atoms with Gasteiger partial charge < -0.3 is 9.88 Å². The zero-order valence-electron chi connectivity index (χ0n) is 19.6. The highest BCUT2D eigenvalue weighted by Gasteiger charge is 2.29. The van der Waals surface area contributed by atoms with Gasteiger partial charge in [-0.3, -0.25) is 9.69 Å². The first-order valence-electron chi connectivity index (χ1n) is 12.6. The number of carbonyl (C=O) groups excluding carboxylic acids is 1. The van der Waals surface area contributed by atoms with Crippen molar-refractivity contribution in [3.63, 3.8) is 0 Å². The van der Waals surface area contributed by atoms with Crippen LogP contribution in [0.5, 0.6) is 0 Å². The second kappa shape index (κ2) is 10.8. The molecule has 3 aromatic rings. The number of halogens is 2. The van der Waals surface area contributed by atoms with Crippen LogP contribution in [-0.4, -0.2) is 52.8 Å². The Labute approximate surface area is 212 Å². The standard InChI is InChI=1S/C28H33Cl2N3O/c29-25-6-3-21(16-26(25)30)18-32-14-10-24(11-15-32)33-13-1-2-20(19-33)4-8-28(34)23-5-7-27-22(17-23)9-12-31-27/h3,5-7,9,12,16-17,20,24,31H,1-2,4,8,10-11,13-15,18-19H2. The number of likely N-dealkylation sites (tertiary alicyclic amines) is 2. The number of H-pyrrole nitrogens is 1. The van der Waals surface area contributed by atoms with Crippen LogP contribution in [0.15, 0.2) is 48.7 Å². The fourth-order valence-corrected chi connectivity index (χ4v) is 6.03. The lowest BCUT2D eigenvalue weighted by atomic mass is 9.89.